The molecule has 2 aromatic carbocycles. The Morgan fingerprint density at radius 3 is 2.48 bits per heavy atom. The third-order valence-corrected chi connectivity index (χ3v) is 4.48. The summed E-state index contributed by atoms with van der Waals surface area (Å²) >= 11 is 0. The Bertz CT molecular complexity index is 728. The summed E-state index contributed by atoms with van der Waals surface area (Å²) in [6, 6.07) is 12.5. The summed E-state index contributed by atoms with van der Waals surface area (Å²) in [7, 11) is 3.38. The molecule has 0 atom stereocenters. The number of hydrogen-bond acceptors (Lipinski definition) is 4. The average molecular weight is 371 g/mol. The van der Waals surface area contributed by atoms with Crippen molar-refractivity contribution in [3.05, 3.63) is 48.0 Å². The molecule has 0 bridgehead atoms. The number of benzene rings is 2. The van der Waals surface area contributed by atoms with Crippen LogP contribution in [0, 0.1) is 0 Å². The summed E-state index contributed by atoms with van der Waals surface area (Å²) in [6.45, 7) is 2.78. The van der Waals surface area contributed by atoms with Crippen LogP contribution in [0.1, 0.15) is 38.2 Å². The fourth-order valence-corrected chi connectivity index (χ4v) is 2.75. The standard InChI is InChI=1S/C22H29NO4/c1-4-5-6-15-27-21-16-18(10-13-20(21)26-3)23(2)22(25)14-9-17-7-11-19(24)12-8-17/h7-8,10-13,16,24H,4-6,9,14-15H2,1-3H3. The van der Waals surface area contributed by atoms with Gasteiger partial charge in [0.15, 0.2) is 11.5 Å². The van der Waals surface area contributed by atoms with Crippen LogP contribution in [0.15, 0.2) is 42.5 Å². The number of aryl methyl sites for hydroxylation is 1. The molecule has 2 rings (SSSR count). The smallest absolute Gasteiger partial charge is 0.227 e. The molecule has 0 aliphatic heterocycles. The van der Waals surface area contributed by atoms with Gasteiger partial charge in [0, 0.05) is 25.2 Å². The second-order valence-corrected chi connectivity index (χ2v) is 6.51. The summed E-state index contributed by atoms with van der Waals surface area (Å²) in [5.74, 6) is 1.57. The van der Waals surface area contributed by atoms with Gasteiger partial charge < -0.3 is 19.5 Å². The van der Waals surface area contributed by atoms with Gasteiger partial charge in [-0.25, -0.2) is 0 Å². The molecule has 1 N–H and O–H groups in total. The summed E-state index contributed by atoms with van der Waals surface area (Å²) in [5.41, 5.74) is 1.79. The molecule has 2 aromatic rings. The second-order valence-electron chi connectivity index (χ2n) is 6.51. The minimum Gasteiger partial charge on any atom is -0.508 e. The van der Waals surface area contributed by atoms with Crippen molar-refractivity contribution in [2.75, 3.05) is 25.7 Å². The molecule has 0 heterocycles. The number of anilines is 1. The number of unbranched alkanes of at least 4 members (excludes halogenated alkanes) is 2. The molecule has 27 heavy (non-hydrogen) atoms. The second kappa shape index (κ2) is 10.5. The van der Waals surface area contributed by atoms with Gasteiger partial charge in [-0.15, -0.1) is 0 Å². The van der Waals surface area contributed by atoms with Gasteiger partial charge in [0.05, 0.1) is 13.7 Å². The lowest BCUT2D eigenvalue weighted by molar-refractivity contribution is -0.118. The van der Waals surface area contributed by atoms with Crippen LogP contribution in [-0.2, 0) is 11.2 Å². The molecule has 5 heteroatoms. The van der Waals surface area contributed by atoms with E-state index in [1.54, 1.807) is 31.2 Å². The fourth-order valence-electron chi connectivity index (χ4n) is 2.75. The lowest BCUT2D eigenvalue weighted by Crippen LogP contribution is -2.26. The largest absolute Gasteiger partial charge is 0.508 e. The van der Waals surface area contributed by atoms with Crippen LogP contribution in [0.25, 0.3) is 0 Å². The Hall–Kier alpha value is -2.69. The first-order chi connectivity index (χ1) is 13.0. The third-order valence-electron chi connectivity index (χ3n) is 4.48. The molecule has 0 unspecified atom stereocenters. The lowest BCUT2D eigenvalue weighted by Gasteiger charge is -2.19. The number of amides is 1. The van der Waals surface area contributed by atoms with Gasteiger partial charge in [0.1, 0.15) is 5.75 Å². The highest BCUT2D eigenvalue weighted by atomic mass is 16.5. The Balaban J connectivity index is 1.99. The molecule has 0 aliphatic rings. The normalized spacial score (nSPS) is 10.5. The zero-order valence-corrected chi connectivity index (χ0v) is 16.4. The number of nitrogens with zero attached hydrogens (tertiary/aromatic N) is 1. The van der Waals surface area contributed by atoms with Gasteiger partial charge in [0.25, 0.3) is 0 Å². The van der Waals surface area contributed by atoms with Gasteiger partial charge in [-0.05, 0) is 42.7 Å². The molecule has 146 valence electrons. The quantitative estimate of drug-likeness (QED) is 0.622. The van der Waals surface area contributed by atoms with Crippen molar-refractivity contribution in [3.8, 4) is 17.2 Å². The van der Waals surface area contributed by atoms with Crippen molar-refractivity contribution in [1.29, 1.82) is 0 Å². The van der Waals surface area contributed by atoms with Gasteiger partial charge in [-0.1, -0.05) is 31.9 Å². The number of methoxy groups -OCH3 is 1. The highest BCUT2D eigenvalue weighted by Crippen LogP contribution is 2.32. The topological polar surface area (TPSA) is 59.0 Å². The number of phenols is 1. The monoisotopic (exact) mass is 371 g/mol. The summed E-state index contributed by atoms with van der Waals surface area (Å²) in [6.07, 6.45) is 4.27. The molecular formula is C22H29NO4. The van der Waals surface area contributed by atoms with Crippen LogP contribution < -0.4 is 14.4 Å². The number of hydrogen-bond donors (Lipinski definition) is 1. The summed E-state index contributed by atoms with van der Waals surface area (Å²) in [5, 5.41) is 9.33. The van der Waals surface area contributed by atoms with E-state index in [9.17, 15) is 9.90 Å². The molecule has 0 radical (unpaired) electrons. The number of rotatable bonds is 10. The molecular weight excluding hydrogens is 342 g/mol. The number of aromatic hydroxyl groups is 1. The van der Waals surface area contributed by atoms with E-state index in [-0.39, 0.29) is 11.7 Å². The molecule has 0 aliphatic carbocycles. The minimum atomic E-state index is 0.0187. The van der Waals surface area contributed by atoms with Crippen molar-refractivity contribution in [2.24, 2.45) is 0 Å². The summed E-state index contributed by atoms with van der Waals surface area (Å²) in [4.78, 5) is 14.2. The van der Waals surface area contributed by atoms with E-state index >= 15 is 0 Å². The van der Waals surface area contributed by atoms with Gasteiger partial charge in [0.2, 0.25) is 5.91 Å². The Morgan fingerprint density at radius 1 is 1.07 bits per heavy atom. The van der Waals surface area contributed by atoms with Crippen LogP contribution in [-0.4, -0.2) is 31.8 Å². The number of ether oxygens (including phenoxy) is 2. The predicted molar refractivity (Wildman–Crippen MR) is 108 cm³/mol. The lowest BCUT2D eigenvalue weighted by atomic mass is 10.1. The SMILES string of the molecule is CCCCCOc1cc(N(C)C(=O)CCc2ccc(O)cc2)ccc1OC. The van der Waals surface area contributed by atoms with E-state index in [0.717, 1.165) is 30.5 Å². The zero-order chi connectivity index (χ0) is 19.6. The minimum absolute atomic E-state index is 0.0187. The zero-order valence-electron chi connectivity index (χ0n) is 16.4. The highest BCUT2D eigenvalue weighted by Gasteiger charge is 2.14. The van der Waals surface area contributed by atoms with Gasteiger partial charge >= 0.3 is 0 Å². The predicted octanol–water partition coefficient (Wildman–Crippen LogP) is 4.57. The molecule has 0 aromatic heterocycles. The van der Waals surface area contributed by atoms with Crippen LogP contribution in [0.4, 0.5) is 5.69 Å². The first-order valence-corrected chi connectivity index (χ1v) is 9.40. The Kier molecular flexibility index (Phi) is 7.99. The molecule has 0 fully saturated rings. The van der Waals surface area contributed by atoms with Gasteiger partial charge in [-0.2, -0.15) is 0 Å². The maximum atomic E-state index is 12.6. The molecule has 0 saturated heterocycles. The van der Waals surface area contributed by atoms with Crippen molar-refractivity contribution in [3.63, 3.8) is 0 Å². The van der Waals surface area contributed by atoms with Crippen LogP contribution in [0.5, 0.6) is 17.2 Å². The summed E-state index contributed by atoms with van der Waals surface area (Å²) < 4.78 is 11.2. The fraction of sp³-hybridized carbons (Fsp3) is 0.409. The van der Waals surface area contributed by atoms with E-state index in [1.165, 1.54) is 0 Å². The van der Waals surface area contributed by atoms with E-state index in [0.29, 0.717) is 30.9 Å². The average Bonchev–Trinajstić information content (AvgIpc) is 2.69. The van der Waals surface area contributed by atoms with Crippen LogP contribution >= 0.6 is 0 Å². The molecule has 5 nitrogen and oxygen atoms in total. The molecule has 0 saturated carbocycles. The third kappa shape index (κ3) is 6.20. The van der Waals surface area contributed by atoms with E-state index in [4.69, 9.17) is 9.47 Å². The van der Waals surface area contributed by atoms with Crippen molar-refractivity contribution >= 4 is 11.6 Å². The van der Waals surface area contributed by atoms with E-state index in [2.05, 4.69) is 6.92 Å². The van der Waals surface area contributed by atoms with E-state index < -0.39 is 0 Å². The number of phenolic OH excluding ortho intramolecular Hbond substituents is 1. The maximum Gasteiger partial charge on any atom is 0.227 e. The van der Waals surface area contributed by atoms with Gasteiger partial charge in [-0.3, -0.25) is 4.79 Å². The van der Waals surface area contributed by atoms with Crippen LogP contribution in [0.2, 0.25) is 0 Å². The first-order valence-electron chi connectivity index (χ1n) is 9.40. The molecule has 1 amide bonds. The first kappa shape index (κ1) is 20.6. The van der Waals surface area contributed by atoms with Crippen molar-refractivity contribution in [2.45, 2.75) is 39.0 Å². The number of carbonyl (C=O) groups is 1. The number of carbonyl (C=O) groups excluding carboxylic acids is 1. The Labute approximate surface area is 161 Å². The Morgan fingerprint density at radius 2 is 1.81 bits per heavy atom. The van der Waals surface area contributed by atoms with Crippen molar-refractivity contribution in [1.82, 2.24) is 0 Å². The highest BCUT2D eigenvalue weighted by molar-refractivity contribution is 5.93. The molecule has 0 spiro atoms. The van der Waals surface area contributed by atoms with E-state index in [1.807, 2.05) is 30.3 Å². The maximum absolute atomic E-state index is 12.6. The van der Waals surface area contributed by atoms with Crippen molar-refractivity contribution < 1.29 is 19.4 Å². The van der Waals surface area contributed by atoms with Crippen LogP contribution in [0.3, 0.4) is 0 Å².